The standard InChI is InChI=1S/C28H25N3O2/c1-3-32-24-17-15-21(18-25(24)33-4-2)28-29-23-16-14-19-10-8-9-13-22(19)26(23)30-27(31-28)20-11-6-5-7-12-20/h5-18H,3-4H2,1-2H3,(H,29,30,31). The maximum absolute atomic E-state index is 5.85. The van der Waals surface area contributed by atoms with E-state index >= 15 is 0 Å². The van der Waals surface area contributed by atoms with Gasteiger partial charge in [-0.05, 0) is 43.5 Å². The molecule has 0 fully saturated rings. The third kappa shape index (κ3) is 4.17. The molecule has 33 heavy (non-hydrogen) atoms. The van der Waals surface area contributed by atoms with Gasteiger partial charge in [0.1, 0.15) is 5.84 Å². The smallest absolute Gasteiger partial charge is 0.162 e. The Kier molecular flexibility index (Phi) is 5.77. The Labute approximate surface area is 193 Å². The average Bonchev–Trinajstić information content (AvgIpc) is 3.06. The van der Waals surface area contributed by atoms with Crippen LogP contribution in [-0.2, 0) is 0 Å². The van der Waals surface area contributed by atoms with Crippen molar-refractivity contribution < 1.29 is 9.47 Å². The molecule has 1 N–H and O–H groups in total. The monoisotopic (exact) mass is 435 g/mol. The summed E-state index contributed by atoms with van der Waals surface area (Å²) < 4.78 is 11.6. The number of benzene rings is 4. The van der Waals surface area contributed by atoms with Gasteiger partial charge in [-0.3, -0.25) is 0 Å². The van der Waals surface area contributed by atoms with Crippen LogP contribution in [-0.4, -0.2) is 24.9 Å². The van der Waals surface area contributed by atoms with Crippen LogP contribution >= 0.6 is 0 Å². The number of hydrogen-bond donors (Lipinski definition) is 1. The minimum atomic E-state index is 0.551. The first-order valence-electron chi connectivity index (χ1n) is 11.2. The zero-order valence-electron chi connectivity index (χ0n) is 18.7. The predicted octanol–water partition coefficient (Wildman–Crippen LogP) is 6.59. The molecule has 1 aliphatic rings. The van der Waals surface area contributed by atoms with Gasteiger partial charge in [0.15, 0.2) is 17.3 Å². The molecular weight excluding hydrogens is 410 g/mol. The fourth-order valence-electron chi connectivity index (χ4n) is 3.92. The fourth-order valence-corrected chi connectivity index (χ4v) is 3.92. The molecule has 0 aromatic heterocycles. The molecule has 0 saturated carbocycles. The molecule has 1 heterocycles. The molecule has 164 valence electrons. The molecular formula is C28H25N3O2. The second-order valence-electron chi connectivity index (χ2n) is 7.60. The second-order valence-corrected chi connectivity index (χ2v) is 7.60. The lowest BCUT2D eigenvalue weighted by Gasteiger charge is -2.15. The van der Waals surface area contributed by atoms with E-state index in [1.807, 2.05) is 74.5 Å². The highest BCUT2D eigenvalue weighted by Gasteiger charge is 2.18. The van der Waals surface area contributed by atoms with Gasteiger partial charge < -0.3 is 14.8 Å². The highest BCUT2D eigenvalue weighted by atomic mass is 16.5. The first-order valence-corrected chi connectivity index (χ1v) is 11.2. The van der Waals surface area contributed by atoms with Crippen LogP contribution in [0.15, 0.2) is 94.9 Å². The molecule has 4 aromatic rings. The lowest BCUT2D eigenvalue weighted by atomic mass is 10.1. The van der Waals surface area contributed by atoms with Crippen molar-refractivity contribution in [1.29, 1.82) is 0 Å². The zero-order chi connectivity index (χ0) is 22.6. The summed E-state index contributed by atoms with van der Waals surface area (Å²) in [5, 5.41) is 5.74. The van der Waals surface area contributed by atoms with E-state index < -0.39 is 0 Å². The molecule has 0 aliphatic carbocycles. The highest BCUT2D eigenvalue weighted by molar-refractivity contribution is 6.21. The van der Waals surface area contributed by atoms with Crippen molar-refractivity contribution in [3.05, 3.63) is 96.1 Å². The number of nitrogens with zero attached hydrogens (tertiary/aromatic N) is 2. The van der Waals surface area contributed by atoms with E-state index in [1.165, 1.54) is 0 Å². The molecule has 0 saturated heterocycles. The molecule has 0 radical (unpaired) electrons. The number of aliphatic imine (C=N–C) groups is 2. The SMILES string of the molecule is CCOc1ccc(C2=NC(c3ccccc3)=Nc3c(ccc4ccccc34)N2)cc1OCC. The van der Waals surface area contributed by atoms with Crippen molar-refractivity contribution in [2.24, 2.45) is 9.98 Å². The third-order valence-corrected chi connectivity index (χ3v) is 5.44. The normalized spacial score (nSPS) is 12.8. The maximum Gasteiger partial charge on any atom is 0.162 e. The summed E-state index contributed by atoms with van der Waals surface area (Å²) in [6.45, 7) is 5.05. The molecule has 4 aromatic carbocycles. The number of fused-ring (bicyclic) bond motifs is 3. The van der Waals surface area contributed by atoms with Gasteiger partial charge in [-0.25, -0.2) is 9.98 Å². The minimum Gasteiger partial charge on any atom is -0.490 e. The van der Waals surface area contributed by atoms with Gasteiger partial charge >= 0.3 is 0 Å². The van der Waals surface area contributed by atoms with Crippen LogP contribution in [0.4, 0.5) is 11.4 Å². The number of amidine groups is 2. The summed E-state index contributed by atoms with van der Waals surface area (Å²) in [6.07, 6.45) is 0. The maximum atomic E-state index is 5.85. The molecule has 5 heteroatoms. The van der Waals surface area contributed by atoms with Crippen molar-refractivity contribution in [2.75, 3.05) is 18.5 Å². The van der Waals surface area contributed by atoms with Gasteiger partial charge in [0.25, 0.3) is 0 Å². The lowest BCUT2D eigenvalue weighted by Crippen LogP contribution is -2.15. The zero-order valence-corrected chi connectivity index (χ0v) is 18.7. The summed E-state index contributed by atoms with van der Waals surface area (Å²) in [7, 11) is 0. The van der Waals surface area contributed by atoms with Crippen LogP contribution in [0.2, 0.25) is 0 Å². The number of rotatable bonds is 6. The summed E-state index contributed by atoms with van der Waals surface area (Å²) in [5.41, 5.74) is 3.63. The third-order valence-electron chi connectivity index (χ3n) is 5.44. The van der Waals surface area contributed by atoms with Crippen LogP contribution < -0.4 is 14.8 Å². The Morgan fingerprint density at radius 1 is 0.697 bits per heavy atom. The van der Waals surface area contributed by atoms with Crippen LogP contribution in [0.5, 0.6) is 11.5 Å². The quantitative estimate of drug-likeness (QED) is 0.372. The second kappa shape index (κ2) is 9.17. The van der Waals surface area contributed by atoms with Gasteiger partial charge in [-0.1, -0.05) is 60.7 Å². The van der Waals surface area contributed by atoms with Crippen LogP contribution in [0.25, 0.3) is 10.8 Å². The van der Waals surface area contributed by atoms with E-state index in [4.69, 9.17) is 19.5 Å². The summed E-state index contributed by atoms with van der Waals surface area (Å²) in [6, 6.07) is 28.4. The first kappa shape index (κ1) is 20.8. The molecule has 0 unspecified atom stereocenters. The Morgan fingerprint density at radius 3 is 2.27 bits per heavy atom. The van der Waals surface area contributed by atoms with Gasteiger partial charge in [0, 0.05) is 16.5 Å². The van der Waals surface area contributed by atoms with Gasteiger partial charge in [-0.15, -0.1) is 0 Å². The van der Waals surface area contributed by atoms with E-state index in [0.717, 1.165) is 39.0 Å². The van der Waals surface area contributed by atoms with Crippen molar-refractivity contribution in [3.63, 3.8) is 0 Å². The Bertz CT molecular complexity index is 1360. The number of hydrogen-bond acceptors (Lipinski definition) is 5. The summed E-state index contributed by atoms with van der Waals surface area (Å²) in [5.74, 6) is 2.78. The van der Waals surface area contributed by atoms with Gasteiger partial charge in [0.05, 0.1) is 24.6 Å². The van der Waals surface area contributed by atoms with Crippen molar-refractivity contribution in [1.82, 2.24) is 0 Å². The van der Waals surface area contributed by atoms with E-state index in [9.17, 15) is 0 Å². The van der Waals surface area contributed by atoms with E-state index in [-0.39, 0.29) is 0 Å². The van der Waals surface area contributed by atoms with Crippen molar-refractivity contribution in [2.45, 2.75) is 13.8 Å². The average molecular weight is 436 g/mol. The largest absolute Gasteiger partial charge is 0.490 e. The molecule has 5 nitrogen and oxygen atoms in total. The Balaban J connectivity index is 1.68. The fraction of sp³-hybridized carbons (Fsp3) is 0.143. The van der Waals surface area contributed by atoms with Crippen LogP contribution in [0, 0.1) is 0 Å². The molecule has 5 rings (SSSR count). The predicted molar refractivity (Wildman–Crippen MR) is 136 cm³/mol. The van der Waals surface area contributed by atoms with Crippen LogP contribution in [0.1, 0.15) is 25.0 Å². The number of ether oxygens (including phenoxy) is 2. The molecule has 0 spiro atoms. The van der Waals surface area contributed by atoms with E-state index in [0.29, 0.717) is 30.6 Å². The Morgan fingerprint density at radius 2 is 1.45 bits per heavy atom. The topological polar surface area (TPSA) is 55.2 Å². The minimum absolute atomic E-state index is 0.551. The van der Waals surface area contributed by atoms with E-state index in [2.05, 4.69) is 29.6 Å². The highest BCUT2D eigenvalue weighted by Crippen LogP contribution is 2.37. The molecule has 0 atom stereocenters. The van der Waals surface area contributed by atoms with Crippen molar-refractivity contribution in [3.8, 4) is 11.5 Å². The first-order chi connectivity index (χ1) is 16.3. The molecule has 0 bridgehead atoms. The van der Waals surface area contributed by atoms with Gasteiger partial charge in [0.2, 0.25) is 0 Å². The van der Waals surface area contributed by atoms with E-state index in [1.54, 1.807) is 0 Å². The molecule has 1 aliphatic heterocycles. The van der Waals surface area contributed by atoms with Crippen LogP contribution in [0.3, 0.4) is 0 Å². The lowest BCUT2D eigenvalue weighted by molar-refractivity contribution is 0.288. The number of anilines is 1. The number of nitrogens with one attached hydrogen (secondary N) is 1. The molecule has 0 amide bonds. The van der Waals surface area contributed by atoms with Gasteiger partial charge in [-0.2, -0.15) is 0 Å². The summed E-state index contributed by atoms with van der Waals surface area (Å²) >= 11 is 0. The van der Waals surface area contributed by atoms with Crippen molar-refractivity contribution >= 4 is 33.8 Å². The Hall–Kier alpha value is -4.12. The summed E-state index contributed by atoms with van der Waals surface area (Å²) in [4.78, 5) is 10.0.